The summed E-state index contributed by atoms with van der Waals surface area (Å²) in [5.74, 6) is 1.29. The van der Waals surface area contributed by atoms with Crippen LogP contribution in [-0.4, -0.2) is 38.3 Å². The summed E-state index contributed by atoms with van der Waals surface area (Å²) in [6, 6.07) is 5.94. The number of aromatic nitrogens is 3. The molecule has 122 valence electrons. The zero-order valence-corrected chi connectivity index (χ0v) is 13.9. The Morgan fingerprint density at radius 1 is 1.30 bits per heavy atom. The molecule has 1 aliphatic heterocycles. The predicted molar refractivity (Wildman–Crippen MR) is 89.2 cm³/mol. The van der Waals surface area contributed by atoms with Crippen molar-refractivity contribution in [2.24, 2.45) is 5.92 Å². The smallest absolute Gasteiger partial charge is 0.185 e. The number of nitrogens with zero attached hydrogens (tertiary/aromatic N) is 4. The van der Waals surface area contributed by atoms with E-state index in [4.69, 9.17) is 0 Å². The van der Waals surface area contributed by atoms with Crippen LogP contribution < -0.4 is 0 Å². The summed E-state index contributed by atoms with van der Waals surface area (Å²) in [5, 5.41) is 0. The summed E-state index contributed by atoms with van der Waals surface area (Å²) in [6.07, 6.45) is 7.57. The molecule has 0 N–H and O–H groups in total. The molecule has 5 heteroatoms. The lowest BCUT2D eigenvalue weighted by atomic mass is 9.92. The number of ketones is 1. The van der Waals surface area contributed by atoms with E-state index in [0.29, 0.717) is 11.7 Å². The quantitative estimate of drug-likeness (QED) is 0.797. The highest BCUT2D eigenvalue weighted by molar-refractivity contribution is 5.96. The number of piperidine rings is 1. The van der Waals surface area contributed by atoms with Crippen molar-refractivity contribution in [2.45, 2.75) is 39.3 Å². The first-order valence-corrected chi connectivity index (χ1v) is 8.34. The number of hydrogen-bond donors (Lipinski definition) is 0. The molecular weight excluding hydrogens is 288 g/mol. The Kier molecular flexibility index (Phi) is 4.86. The predicted octanol–water partition coefficient (Wildman–Crippen LogP) is 2.95. The number of rotatable bonds is 5. The molecule has 0 radical (unpaired) electrons. The molecule has 0 aliphatic carbocycles. The molecule has 3 heterocycles. The van der Waals surface area contributed by atoms with E-state index in [1.165, 1.54) is 0 Å². The van der Waals surface area contributed by atoms with Crippen molar-refractivity contribution in [2.75, 3.05) is 13.1 Å². The molecule has 0 aromatic carbocycles. The van der Waals surface area contributed by atoms with Crippen LogP contribution in [0.2, 0.25) is 0 Å². The average molecular weight is 312 g/mol. The van der Waals surface area contributed by atoms with E-state index >= 15 is 0 Å². The third-order valence-electron chi connectivity index (χ3n) is 4.46. The minimum atomic E-state index is 0.0427. The van der Waals surface area contributed by atoms with Gasteiger partial charge in [0.1, 0.15) is 11.5 Å². The molecule has 1 unspecified atom stereocenters. The normalized spacial score (nSPS) is 19.2. The highest BCUT2D eigenvalue weighted by Crippen LogP contribution is 2.22. The van der Waals surface area contributed by atoms with Crippen LogP contribution in [0.4, 0.5) is 0 Å². The summed E-state index contributed by atoms with van der Waals surface area (Å²) in [7, 11) is 0. The van der Waals surface area contributed by atoms with Crippen molar-refractivity contribution in [1.82, 2.24) is 19.4 Å². The van der Waals surface area contributed by atoms with E-state index in [-0.39, 0.29) is 11.7 Å². The first-order chi connectivity index (χ1) is 11.1. The molecule has 2 aromatic rings. The maximum Gasteiger partial charge on any atom is 0.185 e. The number of imidazole rings is 1. The second-order valence-corrected chi connectivity index (χ2v) is 6.50. The van der Waals surface area contributed by atoms with Crippen molar-refractivity contribution in [3.8, 4) is 0 Å². The lowest BCUT2D eigenvalue weighted by Crippen LogP contribution is -2.39. The Balaban J connectivity index is 1.66. The Morgan fingerprint density at radius 3 is 2.91 bits per heavy atom. The van der Waals surface area contributed by atoms with E-state index in [9.17, 15) is 4.79 Å². The molecule has 1 fully saturated rings. The van der Waals surface area contributed by atoms with Gasteiger partial charge in [-0.15, -0.1) is 0 Å². The fraction of sp³-hybridized carbons (Fsp3) is 0.500. The zero-order valence-electron chi connectivity index (χ0n) is 13.9. The van der Waals surface area contributed by atoms with E-state index in [1.54, 1.807) is 6.20 Å². The Morgan fingerprint density at radius 2 is 2.17 bits per heavy atom. The number of pyridine rings is 1. The monoisotopic (exact) mass is 312 g/mol. The molecule has 1 atom stereocenters. The molecule has 23 heavy (non-hydrogen) atoms. The first-order valence-electron chi connectivity index (χ1n) is 8.34. The highest BCUT2D eigenvalue weighted by Gasteiger charge is 2.27. The van der Waals surface area contributed by atoms with E-state index in [0.717, 1.165) is 38.3 Å². The van der Waals surface area contributed by atoms with Gasteiger partial charge >= 0.3 is 0 Å². The van der Waals surface area contributed by atoms with Crippen molar-refractivity contribution in [1.29, 1.82) is 0 Å². The maximum absolute atomic E-state index is 12.6. The highest BCUT2D eigenvalue weighted by atomic mass is 16.1. The Labute approximate surface area is 137 Å². The standard InChI is InChI=1S/C18H24N4O/c1-14(2)22-11-9-20-17(22)13-21-10-5-6-15(12-21)18(23)16-7-3-4-8-19-16/h3-4,7-9,11,14-15H,5-6,10,12-13H2,1-2H3. The van der Waals surface area contributed by atoms with E-state index in [2.05, 4.69) is 33.3 Å². The molecule has 0 saturated carbocycles. The fourth-order valence-corrected chi connectivity index (χ4v) is 3.27. The summed E-state index contributed by atoms with van der Waals surface area (Å²) < 4.78 is 2.20. The Hall–Kier alpha value is -2.01. The number of carbonyl (C=O) groups is 1. The largest absolute Gasteiger partial charge is 0.331 e. The lowest BCUT2D eigenvalue weighted by molar-refractivity contribution is 0.0801. The number of Topliss-reactive ketones (excluding diaryl/α,β-unsaturated/α-hetero) is 1. The summed E-state index contributed by atoms with van der Waals surface area (Å²) in [6.45, 7) is 6.94. The van der Waals surface area contributed by atoms with Gasteiger partial charge in [-0.25, -0.2) is 4.98 Å². The van der Waals surface area contributed by atoms with Crippen LogP contribution in [0.15, 0.2) is 36.8 Å². The third kappa shape index (κ3) is 3.67. The van der Waals surface area contributed by atoms with Crippen LogP contribution in [0.1, 0.15) is 49.0 Å². The molecule has 0 bridgehead atoms. The van der Waals surface area contributed by atoms with Crippen LogP contribution >= 0.6 is 0 Å². The fourth-order valence-electron chi connectivity index (χ4n) is 3.27. The average Bonchev–Trinajstić information content (AvgIpc) is 3.03. The second kappa shape index (κ2) is 7.04. The van der Waals surface area contributed by atoms with Crippen molar-refractivity contribution < 1.29 is 4.79 Å². The van der Waals surface area contributed by atoms with Gasteiger partial charge in [-0.1, -0.05) is 6.07 Å². The summed E-state index contributed by atoms with van der Waals surface area (Å²) in [5.41, 5.74) is 0.586. The van der Waals surface area contributed by atoms with Crippen molar-refractivity contribution in [3.63, 3.8) is 0 Å². The molecule has 3 rings (SSSR count). The molecule has 1 aliphatic rings. The van der Waals surface area contributed by atoms with Crippen LogP contribution in [0.25, 0.3) is 0 Å². The van der Waals surface area contributed by atoms with Crippen LogP contribution in [-0.2, 0) is 6.54 Å². The van der Waals surface area contributed by atoms with Gasteiger partial charge in [0.25, 0.3) is 0 Å². The van der Waals surface area contributed by atoms with Gasteiger partial charge in [0.2, 0.25) is 0 Å². The van der Waals surface area contributed by atoms with Crippen LogP contribution in [0.5, 0.6) is 0 Å². The third-order valence-corrected chi connectivity index (χ3v) is 4.46. The van der Waals surface area contributed by atoms with Crippen molar-refractivity contribution >= 4 is 5.78 Å². The topological polar surface area (TPSA) is 51.0 Å². The number of likely N-dealkylation sites (tertiary alicyclic amines) is 1. The minimum absolute atomic E-state index is 0.0427. The number of carbonyl (C=O) groups excluding carboxylic acids is 1. The first kappa shape index (κ1) is 15.9. The molecule has 0 spiro atoms. The van der Waals surface area contributed by atoms with Gasteiger partial charge < -0.3 is 4.57 Å². The molecule has 1 saturated heterocycles. The van der Waals surface area contributed by atoms with E-state index < -0.39 is 0 Å². The van der Waals surface area contributed by atoms with Crippen LogP contribution in [0, 0.1) is 5.92 Å². The zero-order chi connectivity index (χ0) is 16.2. The van der Waals surface area contributed by atoms with Gasteiger partial charge in [0, 0.05) is 37.1 Å². The van der Waals surface area contributed by atoms with Gasteiger partial charge in [0.15, 0.2) is 5.78 Å². The van der Waals surface area contributed by atoms with Crippen molar-refractivity contribution in [3.05, 3.63) is 48.3 Å². The van der Waals surface area contributed by atoms with Crippen LogP contribution in [0.3, 0.4) is 0 Å². The lowest BCUT2D eigenvalue weighted by Gasteiger charge is -2.31. The second-order valence-electron chi connectivity index (χ2n) is 6.50. The van der Waals surface area contributed by atoms with Gasteiger partial charge in [-0.05, 0) is 45.4 Å². The SMILES string of the molecule is CC(C)n1ccnc1CN1CCCC(C(=O)c2ccccn2)C1. The summed E-state index contributed by atoms with van der Waals surface area (Å²) >= 11 is 0. The molecule has 0 amide bonds. The summed E-state index contributed by atoms with van der Waals surface area (Å²) in [4.78, 5) is 23.6. The minimum Gasteiger partial charge on any atom is -0.331 e. The Bertz CT molecular complexity index is 650. The van der Waals surface area contributed by atoms with Gasteiger partial charge in [-0.3, -0.25) is 14.7 Å². The number of hydrogen-bond acceptors (Lipinski definition) is 4. The van der Waals surface area contributed by atoms with E-state index in [1.807, 2.05) is 30.6 Å². The molecule has 2 aromatic heterocycles. The molecular formula is C18H24N4O. The maximum atomic E-state index is 12.6. The van der Waals surface area contributed by atoms with Gasteiger partial charge in [-0.2, -0.15) is 0 Å². The molecule has 5 nitrogen and oxygen atoms in total. The van der Waals surface area contributed by atoms with Gasteiger partial charge in [0.05, 0.1) is 6.54 Å².